The molecule has 0 heterocycles. The van der Waals surface area contributed by atoms with E-state index < -0.39 is 9.84 Å². The molecule has 0 aliphatic rings. The van der Waals surface area contributed by atoms with Gasteiger partial charge in [0.1, 0.15) is 15.6 Å². The zero-order chi connectivity index (χ0) is 11.2. The molecule has 0 aliphatic heterocycles. The molecule has 4 heteroatoms. The Bertz CT molecular complexity index is 267. The van der Waals surface area contributed by atoms with Crippen molar-refractivity contribution in [2.45, 2.75) is 39.5 Å². The molecule has 1 atom stereocenters. The van der Waals surface area contributed by atoms with Crippen molar-refractivity contribution < 1.29 is 13.2 Å². The van der Waals surface area contributed by atoms with Crippen molar-refractivity contribution >= 4 is 15.6 Å². The SMILES string of the molecule is CCC(C)CC(=O)CCCS(C)(=O)=O. The largest absolute Gasteiger partial charge is 0.300 e. The Hall–Kier alpha value is -0.380. The highest BCUT2D eigenvalue weighted by atomic mass is 32.2. The van der Waals surface area contributed by atoms with Crippen molar-refractivity contribution in [2.75, 3.05) is 12.0 Å². The molecule has 0 saturated carbocycles. The minimum atomic E-state index is -2.91. The van der Waals surface area contributed by atoms with Crippen LogP contribution in [0.2, 0.25) is 0 Å². The van der Waals surface area contributed by atoms with Crippen LogP contribution >= 0.6 is 0 Å². The third-order valence-electron chi connectivity index (χ3n) is 2.24. The highest BCUT2D eigenvalue weighted by Crippen LogP contribution is 2.09. The Morgan fingerprint density at radius 2 is 1.93 bits per heavy atom. The summed E-state index contributed by atoms with van der Waals surface area (Å²) in [6.07, 6.45) is 3.65. The molecule has 0 aromatic heterocycles. The molecule has 0 N–H and O–H groups in total. The average molecular weight is 220 g/mol. The van der Waals surface area contributed by atoms with Gasteiger partial charge in [0.15, 0.2) is 0 Å². The van der Waals surface area contributed by atoms with E-state index in [4.69, 9.17) is 0 Å². The Kier molecular flexibility index (Phi) is 6.00. The lowest BCUT2D eigenvalue weighted by molar-refractivity contribution is -0.119. The molecule has 0 bridgehead atoms. The van der Waals surface area contributed by atoms with Crippen LogP contribution in [0.25, 0.3) is 0 Å². The molecule has 3 nitrogen and oxygen atoms in total. The van der Waals surface area contributed by atoms with E-state index in [1.807, 2.05) is 6.92 Å². The molecule has 84 valence electrons. The minimum Gasteiger partial charge on any atom is -0.300 e. The van der Waals surface area contributed by atoms with Crippen LogP contribution < -0.4 is 0 Å². The summed E-state index contributed by atoms with van der Waals surface area (Å²) in [7, 11) is -2.91. The predicted octanol–water partition coefficient (Wildman–Crippen LogP) is 1.82. The molecular formula is C10H20O3S. The van der Waals surface area contributed by atoms with Gasteiger partial charge in [-0.2, -0.15) is 0 Å². The van der Waals surface area contributed by atoms with Crippen molar-refractivity contribution in [3.8, 4) is 0 Å². The summed E-state index contributed by atoms with van der Waals surface area (Å²) in [5, 5.41) is 0. The van der Waals surface area contributed by atoms with Gasteiger partial charge in [-0.15, -0.1) is 0 Å². The highest BCUT2D eigenvalue weighted by Gasteiger charge is 2.09. The summed E-state index contributed by atoms with van der Waals surface area (Å²) >= 11 is 0. The zero-order valence-electron chi connectivity index (χ0n) is 9.25. The molecule has 1 unspecified atom stereocenters. The second-order valence-electron chi connectivity index (χ2n) is 3.99. The molecule has 0 spiro atoms. The van der Waals surface area contributed by atoms with Crippen molar-refractivity contribution in [3.63, 3.8) is 0 Å². The third kappa shape index (κ3) is 8.23. The number of hydrogen-bond donors (Lipinski definition) is 0. The first kappa shape index (κ1) is 13.6. The van der Waals surface area contributed by atoms with Gasteiger partial charge in [0.05, 0.1) is 5.75 Å². The highest BCUT2D eigenvalue weighted by molar-refractivity contribution is 7.90. The van der Waals surface area contributed by atoms with Crippen molar-refractivity contribution in [3.05, 3.63) is 0 Å². The summed E-state index contributed by atoms with van der Waals surface area (Å²) in [6, 6.07) is 0. The lowest BCUT2D eigenvalue weighted by Gasteiger charge is -2.06. The van der Waals surface area contributed by atoms with Gasteiger partial charge in [0.25, 0.3) is 0 Å². The van der Waals surface area contributed by atoms with Gasteiger partial charge in [-0.3, -0.25) is 4.79 Å². The lowest BCUT2D eigenvalue weighted by Crippen LogP contribution is -2.08. The molecule has 0 aliphatic carbocycles. The van der Waals surface area contributed by atoms with E-state index in [1.54, 1.807) is 0 Å². The number of carbonyl (C=O) groups excluding carboxylic acids is 1. The number of sulfone groups is 1. The van der Waals surface area contributed by atoms with Gasteiger partial charge in [-0.1, -0.05) is 20.3 Å². The normalized spacial score (nSPS) is 13.9. The van der Waals surface area contributed by atoms with E-state index in [1.165, 1.54) is 6.26 Å². The number of Topliss-reactive ketones (excluding diaryl/α,β-unsaturated/α-hetero) is 1. The second-order valence-corrected chi connectivity index (χ2v) is 6.25. The van der Waals surface area contributed by atoms with Gasteiger partial charge in [-0.05, 0) is 12.3 Å². The molecule has 0 aromatic carbocycles. The predicted molar refractivity (Wildman–Crippen MR) is 58.0 cm³/mol. The molecule has 14 heavy (non-hydrogen) atoms. The summed E-state index contributed by atoms with van der Waals surface area (Å²) in [5.74, 6) is 0.725. The molecular weight excluding hydrogens is 200 g/mol. The van der Waals surface area contributed by atoms with Gasteiger partial charge in [0, 0.05) is 19.1 Å². The Morgan fingerprint density at radius 3 is 2.36 bits per heavy atom. The maximum absolute atomic E-state index is 11.3. The summed E-state index contributed by atoms with van der Waals surface area (Å²) in [4.78, 5) is 11.3. The second kappa shape index (κ2) is 6.17. The first-order chi connectivity index (χ1) is 6.35. The molecule has 0 fully saturated rings. The molecule has 0 rings (SSSR count). The van der Waals surface area contributed by atoms with E-state index in [-0.39, 0.29) is 11.5 Å². The maximum atomic E-state index is 11.3. The quantitative estimate of drug-likeness (QED) is 0.657. The van der Waals surface area contributed by atoms with E-state index in [2.05, 4.69) is 6.92 Å². The van der Waals surface area contributed by atoms with Crippen LogP contribution in [0.3, 0.4) is 0 Å². The van der Waals surface area contributed by atoms with Gasteiger partial charge >= 0.3 is 0 Å². The van der Waals surface area contributed by atoms with Crippen LogP contribution in [0.15, 0.2) is 0 Å². The van der Waals surface area contributed by atoms with E-state index in [9.17, 15) is 13.2 Å². The lowest BCUT2D eigenvalue weighted by atomic mass is 10.00. The molecule has 0 radical (unpaired) electrons. The van der Waals surface area contributed by atoms with E-state index >= 15 is 0 Å². The third-order valence-corrected chi connectivity index (χ3v) is 3.27. The molecule has 0 saturated heterocycles. The standard InChI is InChI=1S/C10H20O3S/c1-4-9(2)8-10(11)6-5-7-14(3,12)13/h9H,4-8H2,1-3H3. The van der Waals surface area contributed by atoms with Crippen molar-refractivity contribution in [1.29, 1.82) is 0 Å². The fourth-order valence-corrected chi connectivity index (χ4v) is 1.84. The van der Waals surface area contributed by atoms with Crippen LogP contribution in [0, 0.1) is 5.92 Å². The van der Waals surface area contributed by atoms with Crippen LogP contribution in [0.1, 0.15) is 39.5 Å². The van der Waals surface area contributed by atoms with Crippen molar-refractivity contribution in [1.82, 2.24) is 0 Å². The Labute approximate surface area is 86.8 Å². The Morgan fingerprint density at radius 1 is 1.36 bits per heavy atom. The van der Waals surface area contributed by atoms with E-state index in [0.29, 0.717) is 25.2 Å². The number of hydrogen-bond acceptors (Lipinski definition) is 3. The van der Waals surface area contributed by atoms with Crippen LogP contribution in [-0.2, 0) is 14.6 Å². The number of ketones is 1. The summed E-state index contributed by atoms with van der Waals surface area (Å²) < 4.78 is 21.6. The monoisotopic (exact) mass is 220 g/mol. The number of rotatable bonds is 7. The van der Waals surface area contributed by atoms with Crippen LogP contribution in [0.5, 0.6) is 0 Å². The summed E-state index contributed by atoms with van der Waals surface area (Å²) in [5.41, 5.74) is 0. The Balaban J connectivity index is 3.65. The average Bonchev–Trinajstić information content (AvgIpc) is 2.01. The van der Waals surface area contributed by atoms with Crippen molar-refractivity contribution in [2.24, 2.45) is 5.92 Å². The maximum Gasteiger partial charge on any atom is 0.147 e. The smallest absolute Gasteiger partial charge is 0.147 e. The zero-order valence-corrected chi connectivity index (χ0v) is 10.1. The fourth-order valence-electron chi connectivity index (χ4n) is 1.17. The fraction of sp³-hybridized carbons (Fsp3) is 0.900. The molecule has 0 aromatic rings. The van der Waals surface area contributed by atoms with Gasteiger partial charge in [-0.25, -0.2) is 8.42 Å². The first-order valence-corrected chi connectivity index (χ1v) is 7.10. The topological polar surface area (TPSA) is 51.2 Å². The van der Waals surface area contributed by atoms with E-state index in [0.717, 1.165) is 6.42 Å². The number of carbonyl (C=O) groups is 1. The van der Waals surface area contributed by atoms with Gasteiger partial charge in [0.2, 0.25) is 0 Å². The first-order valence-electron chi connectivity index (χ1n) is 5.04. The minimum absolute atomic E-state index is 0.124. The van der Waals surface area contributed by atoms with Gasteiger partial charge < -0.3 is 0 Å². The summed E-state index contributed by atoms with van der Waals surface area (Å²) in [6.45, 7) is 4.09. The van der Waals surface area contributed by atoms with Crippen LogP contribution in [0.4, 0.5) is 0 Å². The molecule has 0 amide bonds. The van der Waals surface area contributed by atoms with Crippen LogP contribution in [-0.4, -0.2) is 26.2 Å².